The normalized spacial score (nSPS) is 18.9. The third-order valence-corrected chi connectivity index (χ3v) is 4.42. The molecule has 0 aliphatic carbocycles. The molecule has 0 spiro atoms. The fourth-order valence-electron chi connectivity index (χ4n) is 2.75. The summed E-state index contributed by atoms with van der Waals surface area (Å²) >= 11 is 0. The van der Waals surface area contributed by atoms with Gasteiger partial charge < -0.3 is 5.73 Å². The summed E-state index contributed by atoms with van der Waals surface area (Å²) in [6.07, 6.45) is 0. The van der Waals surface area contributed by atoms with Gasteiger partial charge in [0, 0.05) is 32.7 Å². The van der Waals surface area contributed by atoms with Crippen LogP contribution >= 0.6 is 0 Å². The minimum atomic E-state index is -0.229. The molecular formula is C17H27N3O. The zero-order valence-corrected chi connectivity index (χ0v) is 13.4. The largest absolute Gasteiger partial charge is 0.368 e. The summed E-state index contributed by atoms with van der Waals surface area (Å²) < 4.78 is 0. The highest BCUT2D eigenvalue weighted by molar-refractivity contribution is 5.79. The van der Waals surface area contributed by atoms with Crippen LogP contribution in [-0.4, -0.2) is 47.9 Å². The molecule has 21 heavy (non-hydrogen) atoms. The van der Waals surface area contributed by atoms with Crippen molar-refractivity contribution >= 4 is 5.91 Å². The zero-order chi connectivity index (χ0) is 15.4. The number of hydrogen-bond acceptors (Lipinski definition) is 3. The van der Waals surface area contributed by atoms with Crippen LogP contribution in [0.3, 0.4) is 0 Å². The Balaban J connectivity index is 1.84. The maximum Gasteiger partial charge on any atom is 0.234 e. The third kappa shape index (κ3) is 4.29. The van der Waals surface area contributed by atoms with Gasteiger partial charge in [-0.25, -0.2) is 0 Å². The van der Waals surface area contributed by atoms with E-state index in [4.69, 9.17) is 5.73 Å². The van der Waals surface area contributed by atoms with Crippen molar-refractivity contribution in [1.29, 1.82) is 0 Å². The molecule has 0 unspecified atom stereocenters. The quantitative estimate of drug-likeness (QED) is 0.899. The summed E-state index contributed by atoms with van der Waals surface area (Å²) in [5.41, 5.74) is 8.11. The Morgan fingerprint density at radius 3 is 2.14 bits per heavy atom. The minimum Gasteiger partial charge on any atom is -0.368 e. The number of primary amides is 1. The predicted octanol–water partition coefficient (Wildman–Crippen LogP) is 1.80. The van der Waals surface area contributed by atoms with E-state index in [2.05, 4.69) is 47.9 Å². The van der Waals surface area contributed by atoms with E-state index in [1.54, 1.807) is 0 Å². The zero-order valence-electron chi connectivity index (χ0n) is 13.4. The highest BCUT2D eigenvalue weighted by Gasteiger charge is 2.23. The van der Waals surface area contributed by atoms with Crippen molar-refractivity contribution in [3.05, 3.63) is 35.4 Å². The second-order valence-corrected chi connectivity index (χ2v) is 6.29. The molecule has 4 nitrogen and oxygen atoms in total. The molecule has 1 saturated heterocycles. The molecule has 0 bridgehead atoms. The molecule has 1 aromatic rings. The molecule has 4 heteroatoms. The van der Waals surface area contributed by atoms with Gasteiger partial charge in [-0.05, 0) is 24.0 Å². The Kier molecular flexibility index (Phi) is 5.37. The SMILES string of the molecule is CC(C)c1ccc(CN2CCN([C@@H](C)C(N)=O)CC2)cc1. The van der Waals surface area contributed by atoms with E-state index in [1.807, 2.05) is 6.92 Å². The molecule has 1 aromatic carbocycles. The first-order valence-electron chi connectivity index (χ1n) is 7.82. The van der Waals surface area contributed by atoms with E-state index in [9.17, 15) is 4.79 Å². The standard InChI is InChI=1S/C17H27N3O/c1-13(2)16-6-4-15(5-7-16)12-19-8-10-20(11-9-19)14(3)17(18)21/h4-7,13-14H,8-12H2,1-3H3,(H2,18,21)/t14-/m0/s1. The number of rotatable bonds is 5. The van der Waals surface area contributed by atoms with Crippen molar-refractivity contribution in [3.8, 4) is 0 Å². The highest BCUT2D eigenvalue weighted by Crippen LogP contribution is 2.16. The number of piperazine rings is 1. The van der Waals surface area contributed by atoms with Gasteiger partial charge in [0.25, 0.3) is 0 Å². The molecule has 0 saturated carbocycles. The Morgan fingerprint density at radius 1 is 1.10 bits per heavy atom. The van der Waals surface area contributed by atoms with Gasteiger partial charge in [0.1, 0.15) is 0 Å². The lowest BCUT2D eigenvalue weighted by atomic mass is 10.0. The summed E-state index contributed by atoms with van der Waals surface area (Å²) in [5, 5.41) is 0. The van der Waals surface area contributed by atoms with Crippen LogP contribution in [0.4, 0.5) is 0 Å². The van der Waals surface area contributed by atoms with Crippen LogP contribution in [0.2, 0.25) is 0 Å². The molecule has 0 radical (unpaired) electrons. The van der Waals surface area contributed by atoms with E-state index >= 15 is 0 Å². The molecule has 2 N–H and O–H groups in total. The Hall–Kier alpha value is -1.39. The topological polar surface area (TPSA) is 49.6 Å². The van der Waals surface area contributed by atoms with Gasteiger partial charge >= 0.3 is 0 Å². The average molecular weight is 289 g/mol. The molecule has 1 amide bonds. The summed E-state index contributed by atoms with van der Waals surface area (Å²) in [7, 11) is 0. The molecule has 116 valence electrons. The number of nitrogens with two attached hydrogens (primary N) is 1. The monoisotopic (exact) mass is 289 g/mol. The van der Waals surface area contributed by atoms with Crippen molar-refractivity contribution in [2.24, 2.45) is 5.73 Å². The maximum atomic E-state index is 11.2. The highest BCUT2D eigenvalue weighted by atomic mass is 16.1. The molecule has 2 rings (SSSR count). The van der Waals surface area contributed by atoms with E-state index in [0.717, 1.165) is 32.7 Å². The number of carbonyl (C=O) groups is 1. The summed E-state index contributed by atoms with van der Waals surface area (Å²) in [6, 6.07) is 8.76. The number of nitrogens with zero attached hydrogens (tertiary/aromatic N) is 2. The van der Waals surface area contributed by atoms with Gasteiger partial charge in [0.05, 0.1) is 6.04 Å². The minimum absolute atomic E-state index is 0.155. The van der Waals surface area contributed by atoms with Crippen LogP contribution in [0.25, 0.3) is 0 Å². The molecule has 1 aliphatic heterocycles. The number of hydrogen-bond donors (Lipinski definition) is 1. The van der Waals surface area contributed by atoms with Crippen LogP contribution in [-0.2, 0) is 11.3 Å². The van der Waals surface area contributed by atoms with Gasteiger partial charge in [-0.15, -0.1) is 0 Å². The van der Waals surface area contributed by atoms with Crippen molar-refractivity contribution in [1.82, 2.24) is 9.80 Å². The van der Waals surface area contributed by atoms with Gasteiger partial charge in [-0.3, -0.25) is 14.6 Å². The van der Waals surface area contributed by atoms with Crippen LogP contribution < -0.4 is 5.73 Å². The lowest BCUT2D eigenvalue weighted by Gasteiger charge is -2.37. The first kappa shape index (κ1) is 16.0. The third-order valence-electron chi connectivity index (χ3n) is 4.42. The van der Waals surface area contributed by atoms with Crippen LogP contribution in [0.5, 0.6) is 0 Å². The fraction of sp³-hybridized carbons (Fsp3) is 0.588. The van der Waals surface area contributed by atoms with E-state index in [1.165, 1.54) is 11.1 Å². The van der Waals surface area contributed by atoms with E-state index < -0.39 is 0 Å². The molecule has 1 aliphatic rings. The Bertz CT molecular complexity index is 461. The van der Waals surface area contributed by atoms with E-state index in [-0.39, 0.29) is 11.9 Å². The molecule has 1 atom stereocenters. The predicted molar refractivity (Wildman–Crippen MR) is 86.0 cm³/mol. The van der Waals surface area contributed by atoms with Gasteiger partial charge in [0.2, 0.25) is 5.91 Å². The summed E-state index contributed by atoms with van der Waals surface area (Å²) in [6.45, 7) is 11.1. The number of carbonyl (C=O) groups excluding carboxylic acids is 1. The first-order chi connectivity index (χ1) is 9.97. The second kappa shape index (κ2) is 7.05. The van der Waals surface area contributed by atoms with Crippen molar-refractivity contribution < 1.29 is 4.79 Å². The lowest BCUT2D eigenvalue weighted by molar-refractivity contribution is -0.123. The lowest BCUT2D eigenvalue weighted by Crippen LogP contribution is -2.52. The van der Waals surface area contributed by atoms with Crippen molar-refractivity contribution in [3.63, 3.8) is 0 Å². The average Bonchev–Trinajstić information content (AvgIpc) is 2.47. The van der Waals surface area contributed by atoms with E-state index in [0.29, 0.717) is 5.92 Å². The van der Waals surface area contributed by atoms with Crippen molar-refractivity contribution in [2.75, 3.05) is 26.2 Å². The molecular weight excluding hydrogens is 262 g/mol. The van der Waals surface area contributed by atoms with Gasteiger partial charge in [0.15, 0.2) is 0 Å². The number of benzene rings is 1. The molecule has 1 fully saturated rings. The second-order valence-electron chi connectivity index (χ2n) is 6.29. The van der Waals surface area contributed by atoms with Crippen molar-refractivity contribution in [2.45, 2.75) is 39.3 Å². The van der Waals surface area contributed by atoms with Gasteiger partial charge in [-0.2, -0.15) is 0 Å². The summed E-state index contributed by atoms with van der Waals surface area (Å²) in [5.74, 6) is 0.352. The fourth-order valence-corrected chi connectivity index (χ4v) is 2.75. The first-order valence-corrected chi connectivity index (χ1v) is 7.82. The Labute approximate surface area is 127 Å². The molecule has 0 aromatic heterocycles. The Morgan fingerprint density at radius 2 is 1.67 bits per heavy atom. The smallest absolute Gasteiger partial charge is 0.234 e. The summed E-state index contributed by atoms with van der Waals surface area (Å²) in [4.78, 5) is 15.8. The maximum absolute atomic E-state index is 11.2. The van der Waals surface area contributed by atoms with Crippen LogP contribution in [0.1, 0.15) is 37.8 Å². The van der Waals surface area contributed by atoms with Gasteiger partial charge in [-0.1, -0.05) is 38.1 Å². The number of amides is 1. The molecule has 1 heterocycles. The van der Waals surface area contributed by atoms with Crippen LogP contribution in [0.15, 0.2) is 24.3 Å². The van der Waals surface area contributed by atoms with Crippen LogP contribution in [0, 0.1) is 0 Å².